The number of benzene rings is 2. The van der Waals surface area contributed by atoms with Crippen LogP contribution in [-0.4, -0.2) is 45.4 Å². The number of aliphatic hydroxyl groups is 1. The second-order valence-corrected chi connectivity index (χ2v) is 7.79. The van der Waals surface area contributed by atoms with Crippen molar-refractivity contribution in [1.29, 1.82) is 0 Å². The summed E-state index contributed by atoms with van der Waals surface area (Å²) in [4.78, 5) is 31.8. The van der Waals surface area contributed by atoms with Crippen molar-refractivity contribution in [3.8, 4) is 0 Å². The Morgan fingerprint density at radius 1 is 1.14 bits per heavy atom. The number of ketones is 1. The maximum atomic E-state index is 13.3. The third-order valence-corrected chi connectivity index (χ3v) is 5.65. The van der Waals surface area contributed by atoms with Crippen LogP contribution in [0.2, 0.25) is 5.02 Å². The predicted molar refractivity (Wildman–Crippen MR) is 112 cm³/mol. The largest absolute Gasteiger partial charge is 0.391 e. The molecule has 3 aromatic rings. The number of amides is 1. The van der Waals surface area contributed by atoms with Gasteiger partial charge >= 0.3 is 0 Å². The monoisotopic (exact) mass is 408 g/mol. The minimum absolute atomic E-state index is 0.0354. The Morgan fingerprint density at radius 2 is 1.93 bits per heavy atom. The molecule has 4 rings (SSSR count). The molecule has 2 aromatic carbocycles. The number of aromatic nitrogens is 1. The van der Waals surface area contributed by atoms with Gasteiger partial charge in [-0.05, 0) is 41.6 Å². The van der Waals surface area contributed by atoms with Crippen molar-refractivity contribution in [3.05, 3.63) is 77.1 Å². The van der Waals surface area contributed by atoms with Gasteiger partial charge < -0.3 is 10.0 Å². The fourth-order valence-corrected chi connectivity index (χ4v) is 4.02. The molecule has 0 unspecified atom stereocenters. The van der Waals surface area contributed by atoms with Gasteiger partial charge in [-0.1, -0.05) is 35.9 Å². The zero-order chi connectivity index (χ0) is 20.4. The molecule has 0 bridgehead atoms. The van der Waals surface area contributed by atoms with Crippen molar-refractivity contribution in [2.75, 3.05) is 6.54 Å². The SMILES string of the molecule is O=C(CCc1ccc(Cl)cc1)[C@@H]1C[C@@H](O)CN1C(=O)c1cccc2cnccc12. The zero-order valence-corrected chi connectivity index (χ0v) is 16.5. The first-order valence-electron chi connectivity index (χ1n) is 9.62. The quantitative estimate of drug-likeness (QED) is 0.699. The number of β-amino-alcohol motifs (C(OH)–C–C–N with tert-alkyl or cyclic N) is 1. The van der Waals surface area contributed by atoms with Crippen molar-refractivity contribution < 1.29 is 14.7 Å². The molecule has 0 saturated carbocycles. The van der Waals surface area contributed by atoms with Crippen molar-refractivity contribution >= 4 is 34.1 Å². The van der Waals surface area contributed by atoms with Gasteiger partial charge in [-0.3, -0.25) is 14.6 Å². The van der Waals surface area contributed by atoms with E-state index in [4.69, 9.17) is 11.6 Å². The number of aryl methyl sites for hydroxylation is 1. The molecular weight excluding hydrogens is 388 g/mol. The lowest BCUT2D eigenvalue weighted by Crippen LogP contribution is -2.40. The van der Waals surface area contributed by atoms with Gasteiger partial charge in [0.15, 0.2) is 5.78 Å². The van der Waals surface area contributed by atoms with E-state index in [1.54, 1.807) is 42.7 Å². The van der Waals surface area contributed by atoms with E-state index < -0.39 is 12.1 Å². The molecule has 29 heavy (non-hydrogen) atoms. The number of carbonyl (C=O) groups is 2. The summed E-state index contributed by atoms with van der Waals surface area (Å²) in [6.07, 6.45) is 3.82. The number of carbonyl (C=O) groups excluding carboxylic acids is 2. The van der Waals surface area contributed by atoms with E-state index in [-0.39, 0.29) is 24.7 Å². The summed E-state index contributed by atoms with van der Waals surface area (Å²) < 4.78 is 0. The lowest BCUT2D eigenvalue weighted by atomic mass is 10.0. The number of aliphatic hydroxyl groups excluding tert-OH is 1. The lowest BCUT2D eigenvalue weighted by Gasteiger charge is -2.24. The van der Waals surface area contributed by atoms with Crippen LogP contribution in [0.5, 0.6) is 0 Å². The fourth-order valence-electron chi connectivity index (χ4n) is 3.89. The molecular formula is C23H21ClN2O3. The molecule has 1 aromatic heterocycles. The van der Waals surface area contributed by atoms with Gasteiger partial charge in [-0.15, -0.1) is 0 Å². The van der Waals surface area contributed by atoms with Crippen LogP contribution < -0.4 is 0 Å². The highest BCUT2D eigenvalue weighted by atomic mass is 35.5. The maximum Gasteiger partial charge on any atom is 0.255 e. The van der Waals surface area contributed by atoms with Crippen LogP contribution >= 0.6 is 11.6 Å². The van der Waals surface area contributed by atoms with Crippen LogP contribution in [0, 0.1) is 0 Å². The second kappa shape index (κ2) is 8.31. The third kappa shape index (κ3) is 4.16. The molecule has 1 N–H and O–H groups in total. The highest BCUT2D eigenvalue weighted by Gasteiger charge is 2.39. The Bertz CT molecular complexity index is 1050. The molecule has 1 aliphatic heterocycles. The van der Waals surface area contributed by atoms with Crippen LogP contribution in [-0.2, 0) is 11.2 Å². The summed E-state index contributed by atoms with van der Waals surface area (Å²) in [6, 6.07) is 14.0. The number of nitrogens with zero attached hydrogens (tertiary/aromatic N) is 2. The summed E-state index contributed by atoms with van der Waals surface area (Å²) in [5.74, 6) is -0.269. The normalized spacial score (nSPS) is 18.9. The van der Waals surface area contributed by atoms with Crippen molar-refractivity contribution in [2.45, 2.75) is 31.4 Å². The number of hydrogen-bond donors (Lipinski definition) is 1. The predicted octanol–water partition coefficient (Wildman–Crippen LogP) is 3.67. The van der Waals surface area contributed by atoms with Gasteiger partial charge in [0.05, 0.1) is 12.1 Å². The van der Waals surface area contributed by atoms with E-state index in [1.807, 2.05) is 18.2 Å². The summed E-state index contributed by atoms with van der Waals surface area (Å²) in [5, 5.41) is 12.5. The Kier molecular flexibility index (Phi) is 5.60. The highest BCUT2D eigenvalue weighted by Crippen LogP contribution is 2.26. The molecule has 2 atom stereocenters. The molecule has 148 valence electrons. The smallest absolute Gasteiger partial charge is 0.255 e. The Morgan fingerprint density at radius 3 is 2.72 bits per heavy atom. The molecule has 1 fully saturated rings. The average molecular weight is 409 g/mol. The van der Waals surface area contributed by atoms with E-state index in [2.05, 4.69) is 4.98 Å². The van der Waals surface area contributed by atoms with Gasteiger partial charge in [-0.25, -0.2) is 0 Å². The number of likely N-dealkylation sites (tertiary alicyclic amines) is 1. The summed E-state index contributed by atoms with van der Waals surface area (Å²) in [5.41, 5.74) is 1.54. The molecule has 1 aliphatic rings. The van der Waals surface area contributed by atoms with Crippen LogP contribution in [0.25, 0.3) is 10.8 Å². The van der Waals surface area contributed by atoms with E-state index in [9.17, 15) is 14.7 Å². The van der Waals surface area contributed by atoms with Crippen molar-refractivity contribution in [2.24, 2.45) is 0 Å². The first-order valence-corrected chi connectivity index (χ1v) is 9.99. The maximum absolute atomic E-state index is 13.3. The number of rotatable bonds is 5. The Hall–Kier alpha value is -2.76. The number of Topliss-reactive ketones (excluding diaryl/α,β-unsaturated/α-hetero) is 1. The van der Waals surface area contributed by atoms with Crippen LogP contribution in [0.3, 0.4) is 0 Å². The van der Waals surface area contributed by atoms with Crippen molar-refractivity contribution in [3.63, 3.8) is 0 Å². The molecule has 5 nitrogen and oxygen atoms in total. The molecule has 1 saturated heterocycles. The van der Waals surface area contributed by atoms with Gasteiger partial charge in [0.1, 0.15) is 0 Å². The minimum Gasteiger partial charge on any atom is -0.391 e. The lowest BCUT2D eigenvalue weighted by molar-refractivity contribution is -0.122. The fraction of sp³-hybridized carbons (Fsp3) is 0.261. The van der Waals surface area contributed by atoms with Gasteiger partial charge in [0, 0.05) is 47.8 Å². The summed E-state index contributed by atoms with van der Waals surface area (Å²) in [6.45, 7) is 0.164. The second-order valence-electron chi connectivity index (χ2n) is 7.36. The molecule has 0 spiro atoms. The molecule has 0 aliphatic carbocycles. The van der Waals surface area contributed by atoms with Gasteiger partial charge in [0.2, 0.25) is 0 Å². The van der Waals surface area contributed by atoms with Crippen LogP contribution in [0.4, 0.5) is 0 Å². The Balaban J connectivity index is 1.53. The average Bonchev–Trinajstić information content (AvgIpc) is 3.14. The van der Waals surface area contributed by atoms with E-state index in [0.29, 0.717) is 23.4 Å². The number of hydrogen-bond acceptors (Lipinski definition) is 4. The first kappa shape index (κ1) is 19.6. The Labute approximate surface area is 173 Å². The molecule has 6 heteroatoms. The molecule has 1 amide bonds. The topological polar surface area (TPSA) is 70.5 Å². The minimum atomic E-state index is -0.694. The third-order valence-electron chi connectivity index (χ3n) is 5.40. The van der Waals surface area contributed by atoms with Gasteiger partial charge in [0.25, 0.3) is 5.91 Å². The van der Waals surface area contributed by atoms with Gasteiger partial charge in [-0.2, -0.15) is 0 Å². The number of pyridine rings is 1. The standard InChI is InChI=1S/C23H21ClN2O3/c24-17-7-4-15(5-8-17)6-9-22(28)21-12-18(27)14-26(21)23(29)20-3-1-2-16-13-25-11-10-19(16)20/h1-5,7-8,10-11,13,18,21,27H,6,9,12,14H2/t18-,21+/m1/s1. The van der Waals surface area contributed by atoms with E-state index in [0.717, 1.165) is 16.3 Å². The van der Waals surface area contributed by atoms with Crippen LogP contribution in [0.15, 0.2) is 60.9 Å². The first-order chi connectivity index (χ1) is 14.0. The van der Waals surface area contributed by atoms with E-state index >= 15 is 0 Å². The number of halogens is 1. The highest BCUT2D eigenvalue weighted by molar-refractivity contribution is 6.30. The summed E-state index contributed by atoms with van der Waals surface area (Å²) >= 11 is 5.90. The number of fused-ring (bicyclic) bond motifs is 1. The van der Waals surface area contributed by atoms with Crippen LogP contribution in [0.1, 0.15) is 28.8 Å². The molecule has 0 radical (unpaired) electrons. The van der Waals surface area contributed by atoms with Crippen molar-refractivity contribution in [1.82, 2.24) is 9.88 Å². The van der Waals surface area contributed by atoms with E-state index in [1.165, 1.54) is 4.90 Å². The molecule has 2 heterocycles. The summed E-state index contributed by atoms with van der Waals surface area (Å²) in [7, 11) is 0. The zero-order valence-electron chi connectivity index (χ0n) is 15.8.